The van der Waals surface area contributed by atoms with Gasteiger partial charge < -0.3 is 15.0 Å². The number of hydrogen-bond donors (Lipinski definition) is 2. The van der Waals surface area contributed by atoms with Crippen LogP contribution in [0.2, 0.25) is 5.15 Å². The van der Waals surface area contributed by atoms with Gasteiger partial charge in [-0.1, -0.05) is 73.5 Å². The van der Waals surface area contributed by atoms with E-state index in [0.29, 0.717) is 23.2 Å². The van der Waals surface area contributed by atoms with E-state index in [2.05, 4.69) is 56.8 Å². The van der Waals surface area contributed by atoms with E-state index in [1.807, 2.05) is 28.8 Å². The van der Waals surface area contributed by atoms with E-state index in [1.165, 1.54) is 0 Å². The zero-order valence-corrected chi connectivity index (χ0v) is 24.3. The lowest BCUT2D eigenvalue weighted by Gasteiger charge is -2.22. The molecule has 41 heavy (non-hydrogen) atoms. The number of amides is 1. The van der Waals surface area contributed by atoms with Crippen molar-refractivity contribution >= 4 is 23.5 Å². The average Bonchev–Trinajstić information content (AvgIpc) is 3.59. The fourth-order valence-electron chi connectivity index (χ4n) is 4.63. The standard InChI is InChI=1S/C29H35ClN8O3/c1-4-5-10-26-32-27(30)24(18-41-29(40)23(37(2)3)15-16-25(31)39)38(26)17-19-11-13-20(14-12-19)21-8-6-7-9-22(21)28-33-35-36-34-28/h6-9,11-14,23H,4-5,10,15-18H2,1-3H3,(H2,31,39)(H,33,34,35,36)/t23-/m0/s1. The Balaban J connectivity index is 1.56. The van der Waals surface area contributed by atoms with Crippen LogP contribution in [-0.4, -0.2) is 67.1 Å². The number of rotatable bonds is 14. The van der Waals surface area contributed by atoms with E-state index in [-0.39, 0.29) is 19.4 Å². The number of unbranched alkanes of at least 4 members (excludes halogenated alkanes) is 1. The van der Waals surface area contributed by atoms with E-state index in [1.54, 1.807) is 19.0 Å². The maximum Gasteiger partial charge on any atom is 0.323 e. The number of tetrazole rings is 1. The summed E-state index contributed by atoms with van der Waals surface area (Å²) < 4.78 is 7.72. The van der Waals surface area contributed by atoms with E-state index in [4.69, 9.17) is 22.1 Å². The number of aromatic amines is 1. The van der Waals surface area contributed by atoms with Crippen molar-refractivity contribution in [1.82, 2.24) is 35.1 Å². The highest BCUT2D eigenvalue weighted by atomic mass is 35.5. The van der Waals surface area contributed by atoms with Crippen molar-refractivity contribution in [2.75, 3.05) is 14.1 Å². The van der Waals surface area contributed by atoms with Crippen LogP contribution >= 0.6 is 11.6 Å². The highest BCUT2D eigenvalue weighted by Gasteiger charge is 2.25. The molecule has 2 aromatic heterocycles. The summed E-state index contributed by atoms with van der Waals surface area (Å²) in [6.45, 7) is 2.60. The molecule has 2 aromatic carbocycles. The molecule has 0 unspecified atom stereocenters. The Morgan fingerprint density at radius 3 is 2.49 bits per heavy atom. The maximum absolute atomic E-state index is 12.9. The summed E-state index contributed by atoms with van der Waals surface area (Å²) in [7, 11) is 3.52. The van der Waals surface area contributed by atoms with E-state index in [9.17, 15) is 9.59 Å². The lowest BCUT2D eigenvalue weighted by molar-refractivity contribution is -0.151. The van der Waals surface area contributed by atoms with Crippen LogP contribution in [0.5, 0.6) is 0 Å². The van der Waals surface area contributed by atoms with Gasteiger partial charge in [0.05, 0.1) is 5.69 Å². The highest BCUT2D eigenvalue weighted by Crippen LogP contribution is 2.30. The minimum atomic E-state index is -0.597. The molecule has 4 aromatic rings. The predicted molar refractivity (Wildman–Crippen MR) is 156 cm³/mol. The first-order valence-electron chi connectivity index (χ1n) is 13.6. The van der Waals surface area contributed by atoms with Crippen LogP contribution in [0.1, 0.15) is 49.7 Å². The molecule has 0 aliphatic rings. The first kappa shape index (κ1) is 29.9. The Kier molecular flexibility index (Phi) is 10.2. The van der Waals surface area contributed by atoms with Gasteiger partial charge in [0.25, 0.3) is 0 Å². The van der Waals surface area contributed by atoms with Gasteiger partial charge in [-0.25, -0.2) is 4.98 Å². The van der Waals surface area contributed by atoms with Crippen LogP contribution in [0.4, 0.5) is 0 Å². The molecule has 12 heteroatoms. The third-order valence-corrected chi connectivity index (χ3v) is 7.19. The number of aryl methyl sites for hydroxylation is 1. The Morgan fingerprint density at radius 2 is 1.85 bits per heavy atom. The van der Waals surface area contributed by atoms with Gasteiger partial charge >= 0.3 is 5.97 Å². The number of aromatic nitrogens is 6. The highest BCUT2D eigenvalue weighted by molar-refractivity contribution is 6.30. The minimum Gasteiger partial charge on any atom is -0.458 e. The van der Waals surface area contributed by atoms with Crippen LogP contribution in [0.15, 0.2) is 48.5 Å². The summed E-state index contributed by atoms with van der Waals surface area (Å²) >= 11 is 6.58. The Bertz CT molecular complexity index is 1450. The topological polar surface area (TPSA) is 145 Å². The van der Waals surface area contributed by atoms with Gasteiger partial charge in [-0.05, 0) is 48.8 Å². The molecule has 3 N–H and O–H groups in total. The molecule has 0 fully saturated rings. The number of nitrogens with two attached hydrogens (primary N) is 1. The SMILES string of the molecule is CCCCc1nc(Cl)c(COC(=O)[C@H](CCC(N)=O)N(C)C)n1Cc1ccc(-c2ccccc2-c2nn[nH]n2)cc1. The summed E-state index contributed by atoms with van der Waals surface area (Å²) in [5, 5.41) is 14.8. The average molecular weight is 579 g/mol. The van der Waals surface area contributed by atoms with Crippen LogP contribution in [0.25, 0.3) is 22.5 Å². The third kappa shape index (κ3) is 7.56. The molecule has 0 saturated heterocycles. The third-order valence-electron chi connectivity index (χ3n) is 6.89. The Morgan fingerprint density at radius 1 is 1.12 bits per heavy atom. The first-order chi connectivity index (χ1) is 19.8. The van der Waals surface area contributed by atoms with Gasteiger partial charge in [-0.15, -0.1) is 10.2 Å². The number of likely N-dealkylation sites (N-methyl/N-ethyl adjacent to an activating group) is 1. The zero-order valence-electron chi connectivity index (χ0n) is 23.5. The second kappa shape index (κ2) is 14.0. The van der Waals surface area contributed by atoms with Crippen LogP contribution in [-0.2, 0) is 33.9 Å². The van der Waals surface area contributed by atoms with Gasteiger partial charge in [-0.3, -0.25) is 14.5 Å². The van der Waals surface area contributed by atoms with E-state index >= 15 is 0 Å². The van der Waals surface area contributed by atoms with Gasteiger partial charge in [0.15, 0.2) is 5.15 Å². The molecular weight excluding hydrogens is 544 g/mol. The molecule has 0 aliphatic heterocycles. The molecule has 0 spiro atoms. The number of esters is 1. The normalized spacial score (nSPS) is 12.0. The van der Waals surface area contributed by atoms with Crippen molar-refractivity contribution < 1.29 is 14.3 Å². The fourth-order valence-corrected chi connectivity index (χ4v) is 4.89. The molecule has 1 atom stereocenters. The molecule has 0 radical (unpaired) electrons. The summed E-state index contributed by atoms with van der Waals surface area (Å²) in [5.74, 6) is 0.464. The number of imidazole rings is 1. The maximum atomic E-state index is 12.9. The molecule has 0 bridgehead atoms. The molecule has 0 saturated carbocycles. The largest absolute Gasteiger partial charge is 0.458 e. The zero-order chi connectivity index (χ0) is 29.4. The van der Waals surface area contributed by atoms with Crippen molar-refractivity contribution in [3.63, 3.8) is 0 Å². The number of carbonyl (C=O) groups is 2. The number of benzene rings is 2. The molecule has 0 aliphatic carbocycles. The smallest absolute Gasteiger partial charge is 0.323 e. The number of hydrogen-bond acceptors (Lipinski definition) is 8. The first-order valence-corrected chi connectivity index (χ1v) is 13.9. The van der Waals surface area contributed by atoms with Crippen molar-refractivity contribution in [2.45, 2.75) is 58.2 Å². The number of halogens is 1. The van der Waals surface area contributed by atoms with Gasteiger partial charge in [0.1, 0.15) is 18.5 Å². The minimum absolute atomic E-state index is 0.0339. The van der Waals surface area contributed by atoms with Crippen LogP contribution in [0.3, 0.4) is 0 Å². The second-order valence-electron chi connectivity index (χ2n) is 10.0. The number of carbonyl (C=O) groups excluding carboxylic acids is 2. The van der Waals surface area contributed by atoms with Crippen molar-refractivity contribution in [3.05, 3.63) is 70.8 Å². The quantitative estimate of drug-likeness (QED) is 0.213. The van der Waals surface area contributed by atoms with Gasteiger partial charge in [-0.2, -0.15) is 5.21 Å². The van der Waals surface area contributed by atoms with Crippen molar-refractivity contribution in [1.29, 1.82) is 0 Å². The number of H-pyrrole nitrogens is 1. The predicted octanol–water partition coefficient (Wildman–Crippen LogP) is 4.01. The molecule has 1 amide bonds. The van der Waals surface area contributed by atoms with Crippen molar-refractivity contribution in [2.24, 2.45) is 5.73 Å². The van der Waals surface area contributed by atoms with E-state index in [0.717, 1.165) is 47.3 Å². The summed E-state index contributed by atoms with van der Waals surface area (Å²) in [4.78, 5) is 30.5. The van der Waals surface area contributed by atoms with Crippen molar-refractivity contribution in [3.8, 4) is 22.5 Å². The number of nitrogens with one attached hydrogen (secondary N) is 1. The Labute approximate surface area is 244 Å². The molecular formula is C29H35ClN8O3. The Hall–Kier alpha value is -4.09. The molecule has 4 rings (SSSR count). The molecule has 11 nitrogen and oxygen atoms in total. The summed E-state index contributed by atoms with van der Waals surface area (Å²) in [5.41, 5.74) is 9.85. The summed E-state index contributed by atoms with van der Waals surface area (Å²) in [6.07, 6.45) is 3.08. The van der Waals surface area contributed by atoms with Gasteiger partial charge in [0, 0.05) is 24.9 Å². The monoisotopic (exact) mass is 578 g/mol. The van der Waals surface area contributed by atoms with E-state index < -0.39 is 17.9 Å². The van der Waals surface area contributed by atoms with Crippen LogP contribution < -0.4 is 5.73 Å². The fraction of sp³-hybridized carbons (Fsp3) is 0.379. The number of nitrogens with zero attached hydrogens (tertiary/aromatic N) is 6. The summed E-state index contributed by atoms with van der Waals surface area (Å²) in [6, 6.07) is 15.5. The number of ether oxygens (including phenoxy) is 1. The molecule has 2 heterocycles. The lowest BCUT2D eigenvalue weighted by atomic mass is 9.98. The van der Waals surface area contributed by atoms with Crippen LogP contribution in [0, 0.1) is 0 Å². The number of primary amides is 1. The van der Waals surface area contributed by atoms with Gasteiger partial charge in [0.2, 0.25) is 11.7 Å². The lowest BCUT2D eigenvalue weighted by Crippen LogP contribution is -2.38. The molecule has 216 valence electrons. The second-order valence-corrected chi connectivity index (χ2v) is 10.4.